The number of hydrogen-bond acceptors (Lipinski definition) is 1. The molecule has 104 valence electrons. The number of nitrogens with zero attached hydrogens (tertiary/aromatic N) is 1. The third kappa shape index (κ3) is 3.32. The van der Waals surface area contributed by atoms with Crippen LogP contribution in [0.15, 0.2) is 73.1 Å². The van der Waals surface area contributed by atoms with Gasteiger partial charge in [0.2, 0.25) is 0 Å². The zero-order chi connectivity index (χ0) is 14.7. The van der Waals surface area contributed by atoms with Gasteiger partial charge in [-0.3, -0.25) is 4.98 Å². The lowest BCUT2D eigenvalue weighted by molar-refractivity contribution is 0.968. The van der Waals surface area contributed by atoms with E-state index in [-0.39, 0.29) is 5.92 Å². The second-order valence-corrected chi connectivity index (χ2v) is 6.42. The Bertz CT molecular complexity index is 720. The SMILES string of the molecule is Cc1ccc(C(c2ccncc2)c2cccc(I)c2)cc1. The Morgan fingerprint density at radius 1 is 0.810 bits per heavy atom. The highest BCUT2D eigenvalue weighted by atomic mass is 127. The van der Waals surface area contributed by atoms with Crippen molar-refractivity contribution in [2.24, 2.45) is 0 Å². The monoisotopic (exact) mass is 385 g/mol. The number of pyridine rings is 1. The normalized spacial score (nSPS) is 12.1. The van der Waals surface area contributed by atoms with Crippen molar-refractivity contribution < 1.29 is 0 Å². The Hall–Kier alpha value is -1.68. The molecule has 0 aliphatic carbocycles. The van der Waals surface area contributed by atoms with Gasteiger partial charge in [-0.1, -0.05) is 42.0 Å². The maximum atomic E-state index is 4.15. The molecule has 0 fully saturated rings. The molecule has 0 saturated heterocycles. The first-order chi connectivity index (χ1) is 10.2. The van der Waals surface area contributed by atoms with Gasteiger partial charge in [0.15, 0.2) is 0 Å². The van der Waals surface area contributed by atoms with Gasteiger partial charge in [-0.15, -0.1) is 0 Å². The van der Waals surface area contributed by atoms with E-state index in [4.69, 9.17) is 0 Å². The van der Waals surface area contributed by atoms with Crippen LogP contribution in [0.4, 0.5) is 0 Å². The van der Waals surface area contributed by atoms with Crippen molar-refractivity contribution in [3.05, 3.63) is 98.9 Å². The van der Waals surface area contributed by atoms with Crippen molar-refractivity contribution in [3.8, 4) is 0 Å². The number of rotatable bonds is 3. The van der Waals surface area contributed by atoms with Crippen LogP contribution in [0.3, 0.4) is 0 Å². The average Bonchev–Trinajstić information content (AvgIpc) is 2.51. The standard InChI is InChI=1S/C19H16IN/c1-14-5-7-15(8-6-14)19(16-9-11-21-12-10-16)17-3-2-4-18(20)13-17/h2-13,19H,1H3. The average molecular weight is 385 g/mol. The van der Waals surface area contributed by atoms with Crippen LogP contribution in [0.5, 0.6) is 0 Å². The van der Waals surface area contributed by atoms with Gasteiger partial charge in [0.1, 0.15) is 0 Å². The lowest BCUT2D eigenvalue weighted by Gasteiger charge is -2.19. The van der Waals surface area contributed by atoms with Crippen LogP contribution in [0.2, 0.25) is 0 Å². The summed E-state index contributed by atoms with van der Waals surface area (Å²) >= 11 is 2.37. The van der Waals surface area contributed by atoms with Gasteiger partial charge in [-0.25, -0.2) is 0 Å². The summed E-state index contributed by atoms with van der Waals surface area (Å²) in [7, 11) is 0. The summed E-state index contributed by atoms with van der Waals surface area (Å²) < 4.78 is 1.26. The second-order valence-electron chi connectivity index (χ2n) is 5.18. The number of aromatic nitrogens is 1. The van der Waals surface area contributed by atoms with Crippen LogP contribution in [0.1, 0.15) is 28.2 Å². The summed E-state index contributed by atoms with van der Waals surface area (Å²) in [6.45, 7) is 2.12. The number of aryl methyl sites for hydroxylation is 1. The van der Waals surface area contributed by atoms with E-state index in [1.165, 1.54) is 25.8 Å². The van der Waals surface area contributed by atoms with Crippen LogP contribution >= 0.6 is 22.6 Å². The van der Waals surface area contributed by atoms with Crippen molar-refractivity contribution in [2.75, 3.05) is 0 Å². The van der Waals surface area contributed by atoms with Crippen molar-refractivity contribution in [1.82, 2.24) is 4.98 Å². The van der Waals surface area contributed by atoms with Crippen molar-refractivity contribution in [1.29, 1.82) is 0 Å². The predicted octanol–water partition coefficient (Wildman–Crippen LogP) is 5.17. The predicted molar refractivity (Wildman–Crippen MR) is 95.5 cm³/mol. The fourth-order valence-corrected chi connectivity index (χ4v) is 3.15. The van der Waals surface area contributed by atoms with Gasteiger partial charge in [-0.05, 0) is 70.5 Å². The highest BCUT2D eigenvalue weighted by molar-refractivity contribution is 14.1. The topological polar surface area (TPSA) is 12.9 Å². The molecule has 0 radical (unpaired) electrons. The van der Waals surface area contributed by atoms with E-state index in [1.807, 2.05) is 12.4 Å². The van der Waals surface area contributed by atoms with Gasteiger partial charge in [-0.2, -0.15) is 0 Å². The van der Waals surface area contributed by atoms with E-state index in [0.717, 1.165) is 0 Å². The molecule has 2 aromatic carbocycles. The Balaban J connectivity index is 2.13. The van der Waals surface area contributed by atoms with E-state index in [2.05, 4.69) is 95.2 Å². The molecule has 1 atom stereocenters. The molecule has 0 saturated carbocycles. The molecule has 3 rings (SSSR count). The van der Waals surface area contributed by atoms with Crippen molar-refractivity contribution >= 4 is 22.6 Å². The maximum absolute atomic E-state index is 4.15. The van der Waals surface area contributed by atoms with E-state index in [9.17, 15) is 0 Å². The minimum atomic E-state index is 0.253. The first-order valence-electron chi connectivity index (χ1n) is 6.96. The lowest BCUT2D eigenvalue weighted by Crippen LogP contribution is -2.03. The minimum Gasteiger partial charge on any atom is -0.265 e. The number of benzene rings is 2. The molecule has 1 unspecified atom stereocenters. The molecule has 0 aliphatic heterocycles. The summed E-state index contributed by atoms with van der Waals surface area (Å²) in [5, 5.41) is 0. The molecule has 0 N–H and O–H groups in total. The third-order valence-corrected chi connectivity index (χ3v) is 4.30. The molecule has 1 heterocycles. The van der Waals surface area contributed by atoms with E-state index in [0.29, 0.717) is 0 Å². The van der Waals surface area contributed by atoms with Crippen molar-refractivity contribution in [2.45, 2.75) is 12.8 Å². The number of hydrogen-bond donors (Lipinski definition) is 0. The van der Waals surface area contributed by atoms with Gasteiger partial charge >= 0.3 is 0 Å². The summed E-state index contributed by atoms with van der Waals surface area (Å²) in [6, 6.07) is 21.7. The fourth-order valence-electron chi connectivity index (χ4n) is 2.58. The summed E-state index contributed by atoms with van der Waals surface area (Å²) in [5.74, 6) is 0.253. The Morgan fingerprint density at radius 3 is 2.14 bits per heavy atom. The van der Waals surface area contributed by atoms with Crippen LogP contribution in [-0.2, 0) is 0 Å². The Morgan fingerprint density at radius 2 is 1.48 bits per heavy atom. The number of halogens is 1. The smallest absolute Gasteiger partial charge is 0.0341 e. The van der Waals surface area contributed by atoms with Gasteiger partial charge in [0.25, 0.3) is 0 Å². The van der Waals surface area contributed by atoms with E-state index >= 15 is 0 Å². The molecular formula is C19H16IN. The molecular weight excluding hydrogens is 369 g/mol. The molecule has 21 heavy (non-hydrogen) atoms. The Labute approximate surface area is 139 Å². The Kier molecular flexibility index (Phi) is 4.34. The summed E-state index contributed by atoms with van der Waals surface area (Å²) in [4.78, 5) is 4.15. The van der Waals surface area contributed by atoms with E-state index < -0.39 is 0 Å². The zero-order valence-electron chi connectivity index (χ0n) is 11.8. The lowest BCUT2D eigenvalue weighted by atomic mass is 9.85. The molecule has 2 heteroatoms. The summed E-state index contributed by atoms with van der Waals surface area (Å²) in [6.07, 6.45) is 3.73. The fraction of sp³-hybridized carbons (Fsp3) is 0.105. The van der Waals surface area contributed by atoms with Crippen LogP contribution in [-0.4, -0.2) is 4.98 Å². The molecule has 1 aromatic heterocycles. The van der Waals surface area contributed by atoms with Crippen molar-refractivity contribution in [3.63, 3.8) is 0 Å². The minimum absolute atomic E-state index is 0.253. The maximum Gasteiger partial charge on any atom is 0.0341 e. The van der Waals surface area contributed by atoms with Gasteiger partial charge in [0.05, 0.1) is 0 Å². The molecule has 3 aromatic rings. The van der Waals surface area contributed by atoms with Gasteiger partial charge in [0, 0.05) is 21.9 Å². The highest BCUT2D eigenvalue weighted by Gasteiger charge is 2.16. The van der Waals surface area contributed by atoms with Crippen LogP contribution < -0.4 is 0 Å². The molecule has 1 nitrogen and oxygen atoms in total. The quantitative estimate of drug-likeness (QED) is 0.567. The van der Waals surface area contributed by atoms with Crippen LogP contribution in [0, 0.1) is 10.5 Å². The van der Waals surface area contributed by atoms with E-state index in [1.54, 1.807) is 0 Å². The first kappa shape index (κ1) is 14.3. The van der Waals surface area contributed by atoms with Gasteiger partial charge < -0.3 is 0 Å². The molecule has 0 amide bonds. The molecule has 0 aliphatic rings. The third-order valence-electron chi connectivity index (χ3n) is 3.63. The highest BCUT2D eigenvalue weighted by Crippen LogP contribution is 2.32. The molecule has 0 bridgehead atoms. The van der Waals surface area contributed by atoms with Crippen LogP contribution in [0.25, 0.3) is 0 Å². The molecule has 0 spiro atoms. The second kappa shape index (κ2) is 6.39. The first-order valence-corrected chi connectivity index (χ1v) is 8.04. The largest absolute Gasteiger partial charge is 0.265 e. The zero-order valence-corrected chi connectivity index (χ0v) is 14.0. The summed E-state index contributed by atoms with van der Waals surface area (Å²) in [5.41, 5.74) is 5.19.